The van der Waals surface area contributed by atoms with Crippen LogP contribution in [0.4, 0.5) is 27.8 Å². The first kappa shape index (κ1) is 24.7. The van der Waals surface area contributed by atoms with Gasteiger partial charge in [0.25, 0.3) is 0 Å². The average molecular weight is 506 g/mol. The smallest absolute Gasteiger partial charge is 0.378 e. The Labute approximate surface area is 193 Å². The molecule has 2 aromatic rings. The Morgan fingerprint density at radius 3 is 2.38 bits per heavy atom. The first-order valence-electron chi connectivity index (χ1n) is 10.7. The minimum Gasteiger partial charge on any atom is -0.378 e. The maximum Gasteiger partial charge on any atom is 0.434 e. The summed E-state index contributed by atoms with van der Waals surface area (Å²) in [4.78, 5) is 10.4. The quantitative estimate of drug-likeness (QED) is 0.639. The van der Waals surface area contributed by atoms with Gasteiger partial charge in [0.1, 0.15) is 21.9 Å². The average Bonchev–Trinajstić information content (AvgIpc) is 2.79. The number of hydrogen-bond donors (Lipinski definition) is 1. The summed E-state index contributed by atoms with van der Waals surface area (Å²) >= 11 is 0. The van der Waals surface area contributed by atoms with Crippen LogP contribution in [0.1, 0.15) is 30.1 Å². The highest BCUT2D eigenvalue weighted by Crippen LogP contribution is 2.35. The Balaban J connectivity index is 1.61. The third-order valence-electron chi connectivity index (χ3n) is 6.38. The molecule has 2 fully saturated rings. The van der Waals surface area contributed by atoms with Crippen LogP contribution in [-0.2, 0) is 16.0 Å². The lowest BCUT2D eigenvalue weighted by atomic mass is 9.95. The molecule has 1 aromatic heterocycles. The maximum absolute atomic E-state index is 14.7. The minimum atomic E-state index is -4.64. The second kappa shape index (κ2) is 9.34. The van der Waals surface area contributed by atoms with Crippen molar-refractivity contribution in [1.29, 1.82) is 0 Å². The summed E-state index contributed by atoms with van der Waals surface area (Å²) in [6.07, 6.45) is -3.69. The second-order valence-electron chi connectivity index (χ2n) is 8.50. The molecule has 186 valence electrons. The van der Waals surface area contributed by atoms with Gasteiger partial charge in [0.05, 0.1) is 29.9 Å². The van der Waals surface area contributed by atoms with Gasteiger partial charge in [0, 0.05) is 31.1 Å². The van der Waals surface area contributed by atoms with Crippen molar-refractivity contribution in [3.63, 3.8) is 0 Å². The fourth-order valence-electron chi connectivity index (χ4n) is 4.48. The van der Waals surface area contributed by atoms with Crippen molar-refractivity contribution in [1.82, 2.24) is 14.9 Å². The molecule has 0 saturated carbocycles. The van der Waals surface area contributed by atoms with E-state index in [1.165, 1.54) is 12.1 Å². The number of benzene rings is 1. The van der Waals surface area contributed by atoms with E-state index in [0.717, 1.165) is 12.3 Å². The zero-order valence-electron chi connectivity index (χ0n) is 17.9. The molecule has 2 aliphatic rings. The SMILES string of the molecule is O=S1(=O)CCC(C(O)N2CCN(c3cnc(C(F)(F)F)cn3)CC2c2cccc(F)c2F)CC1. The van der Waals surface area contributed by atoms with Crippen LogP contribution >= 0.6 is 0 Å². The van der Waals surface area contributed by atoms with E-state index in [2.05, 4.69) is 9.97 Å². The van der Waals surface area contributed by atoms with Crippen LogP contribution in [0.3, 0.4) is 0 Å². The molecule has 2 atom stereocenters. The molecule has 2 aliphatic heterocycles. The molecule has 2 saturated heterocycles. The van der Waals surface area contributed by atoms with E-state index >= 15 is 0 Å². The van der Waals surface area contributed by atoms with Crippen LogP contribution in [0.2, 0.25) is 0 Å². The summed E-state index contributed by atoms with van der Waals surface area (Å²) < 4.78 is 90.8. The molecule has 7 nitrogen and oxygen atoms in total. The van der Waals surface area contributed by atoms with Crippen LogP contribution in [0.15, 0.2) is 30.6 Å². The number of nitrogens with zero attached hydrogens (tertiary/aromatic N) is 4. The normalized spacial score (nSPS) is 23.1. The molecular weight excluding hydrogens is 483 g/mol. The Hall–Kier alpha value is -2.38. The van der Waals surface area contributed by atoms with Gasteiger partial charge in [-0.3, -0.25) is 4.90 Å². The molecule has 1 N–H and O–H groups in total. The van der Waals surface area contributed by atoms with Gasteiger partial charge in [-0.2, -0.15) is 13.2 Å². The van der Waals surface area contributed by atoms with Crippen molar-refractivity contribution in [3.05, 3.63) is 53.5 Å². The number of alkyl halides is 3. The first-order chi connectivity index (χ1) is 16.0. The standard InChI is InChI=1S/C21H23F5N4O3S/c22-15-3-1-2-14(19(15)23)16-12-29(18-11-27-17(10-28-18)21(24,25)26)6-7-30(16)20(31)13-4-8-34(32,33)9-5-13/h1-3,10-11,13,16,20,31H,4-9,12H2. The van der Waals surface area contributed by atoms with Crippen molar-refractivity contribution in [3.8, 4) is 0 Å². The van der Waals surface area contributed by atoms with Gasteiger partial charge < -0.3 is 10.0 Å². The molecule has 0 bridgehead atoms. The van der Waals surface area contributed by atoms with Gasteiger partial charge in [-0.05, 0) is 18.9 Å². The van der Waals surface area contributed by atoms with Crippen molar-refractivity contribution in [2.45, 2.75) is 31.3 Å². The summed E-state index contributed by atoms with van der Waals surface area (Å²) in [5.74, 6) is -2.52. The lowest BCUT2D eigenvalue weighted by molar-refractivity contribution is -0.141. The van der Waals surface area contributed by atoms with Crippen molar-refractivity contribution in [2.24, 2.45) is 5.92 Å². The molecular formula is C21H23F5N4O3S. The van der Waals surface area contributed by atoms with Gasteiger partial charge in [-0.15, -0.1) is 0 Å². The first-order valence-corrected chi connectivity index (χ1v) is 12.5. The van der Waals surface area contributed by atoms with Crippen LogP contribution in [0.5, 0.6) is 0 Å². The van der Waals surface area contributed by atoms with Crippen molar-refractivity contribution >= 4 is 15.7 Å². The maximum atomic E-state index is 14.7. The monoisotopic (exact) mass is 506 g/mol. The molecule has 0 amide bonds. The number of anilines is 1. The highest BCUT2D eigenvalue weighted by Gasteiger charge is 2.40. The zero-order chi connectivity index (χ0) is 24.7. The summed E-state index contributed by atoms with van der Waals surface area (Å²) in [7, 11) is -3.16. The number of sulfone groups is 1. The fourth-order valence-corrected chi connectivity index (χ4v) is 6.01. The van der Waals surface area contributed by atoms with Crippen molar-refractivity contribution in [2.75, 3.05) is 36.0 Å². The van der Waals surface area contributed by atoms with E-state index in [1.807, 2.05) is 0 Å². The molecule has 4 rings (SSSR count). The van der Waals surface area contributed by atoms with Gasteiger partial charge in [-0.25, -0.2) is 27.2 Å². The fraction of sp³-hybridized carbons (Fsp3) is 0.524. The summed E-state index contributed by atoms with van der Waals surface area (Å²) in [5, 5.41) is 11.1. The predicted octanol–water partition coefficient (Wildman–Crippen LogP) is 2.78. The highest BCUT2D eigenvalue weighted by atomic mass is 32.2. The molecule has 1 aromatic carbocycles. The number of aromatic nitrogens is 2. The lowest BCUT2D eigenvalue weighted by Crippen LogP contribution is -2.55. The Bertz CT molecular complexity index is 1120. The van der Waals surface area contributed by atoms with Crippen LogP contribution < -0.4 is 4.90 Å². The third-order valence-corrected chi connectivity index (χ3v) is 8.09. The lowest BCUT2D eigenvalue weighted by Gasteiger charge is -2.46. The van der Waals surface area contributed by atoms with Gasteiger partial charge in [-0.1, -0.05) is 12.1 Å². The topological polar surface area (TPSA) is 86.6 Å². The molecule has 0 radical (unpaired) electrons. The third kappa shape index (κ3) is 5.15. The molecule has 0 spiro atoms. The summed E-state index contributed by atoms with van der Waals surface area (Å²) in [5.41, 5.74) is -1.17. The van der Waals surface area contributed by atoms with Gasteiger partial charge >= 0.3 is 6.18 Å². The van der Waals surface area contributed by atoms with Crippen LogP contribution in [0, 0.1) is 17.6 Å². The van der Waals surface area contributed by atoms with Gasteiger partial charge in [0.15, 0.2) is 17.3 Å². The van der Waals surface area contributed by atoms with Crippen LogP contribution in [-0.4, -0.2) is 65.8 Å². The van der Waals surface area contributed by atoms with E-state index in [0.29, 0.717) is 6.20 Å². The number of piperazine rings is 1. The number of aliphatic hydroxyl groups excluding tert-OH is 1. The molecule has 13 heteroatoms. The van der Waals surface area contributed by atoms with E-state index in [9.17, 15) is 35.5 Å². The van der Waals surface area contributed by atoms with E-state index in [-0.39, 0.29) is 61.3 Å². The van der Waals surface area contributed by atoms with E-state index < -0.39 is 45.6 Å². The molecule has 34 heavy (non-hydrogen) atoms. The van der Waals surface area contributed by atoms with E-state index in [4.69, 9.17) is 0 Å². The number of hydrogen-bond acceptors (Lipinski definition) is 7. The van der Waals surface area contributed by atoms with Gasteiger partial charge in [0.2, 0.25) is 0 Å². The Morgan fingerprint density at radius 2 is 1.76 bits per heavy atom. The number of halogens is 5. The number of rotatable bonds is 4. The van der Waals surface area contributed by atoms with E-state index in [1.54, 1.807) is 9.80 Å². The molecule has 0 aliphatic carbocycles. The Morgan fingerprint density at radius 1 is 1.06 bits per heavy atom. The number of aliphatic hydroxyl groups is 1. The summed E-state index contributed by atoms with van der Waals surface area (Å²) in [6, 6.07) is 2.83. The predicted molar refractivity (Wildman–Crippen MR) is 112 cm³/mol. The van der Waals surface area contributed by atoms with Crippen molar-refractivity contribution < 1.29 is 35.5 Å². The van der Waals surface area contributed by atoms with Crippen LogP contribution in [0.25, 0.3) is 0 Å². The molecule has 2 unspecified atom stereocenters. The Kier molecular flexibility index (Phi) is 6.80. The minimum absolute atomic E-state index is 0.00248. The zero-order valence-corrected chi connectivity index (χ0v) is 18.7. The summed E-state index contributed by atoms with van der Waals surface area (Å²) in [6.45, 7) is 0.395. The molecule has 3 heterocycles. The second-order valence-corrected chi connectivity index (χ2v) is 10.8. The highest BCUT2D eigenvalue weighted by molar-refractivity contribution is 7.91. The largest absolute Gasteiger partial charge is 0.434 e.